The maximum absolute atomic E-state index is 12.7. The molecule has 3 aliphatic rings. The molecule has 2 unspecified atom stereocenters. The first kappa shape index (κ1) is 48.2. The molecule has 292 valence electrons. The van der Waals surface area contributed by atoms with E-state index in [0.29, 0.717) is 19.5 Å². The third-order valence-corrected chi connectivity index (χ3v) is 6.35. The number of nitrogens with one attached hydrogen (secondary N) is 3. The van der Waals surface area contributed by atoms with Gasteiger partial charge in [-0.05, 0) is 18.8 Å². The van der Waals surface area contributed by atoms with Crippen LogP contribution in [0.1, 0.15) is 67.7 Å². The van der Waals surface area contributed by atoms with Crippen LogP contribution in [-0.4, -0.2) is 145 Å². The van der Waals surface area contributed by atoms with Crippen molar-refractivity contribution in [3.05, 3.63) is 4.91 Å². The van der Waals surface area contributed by atoms with E-state index >= 15 is 0 Å². The third-order valence-electron chi connectivity index (χ3n) is 6.35. The van der Waals surface area contributed by atoms with Gasteiger partial charge in [0, 0.05) is 46.1 Å². The van der Waals surface area contributed by atoms with Gasteiger partial charge in [-0.1, -0.05) is 46.7 Å². The van der Waals surface area contributed by atoms with Crippen LogP contribution in [0.15, 0.2) is 10.2 Å². The summed E-state index contributed by atoms with van der Waals surface area (Å²) in [6.07, 6.45) is 1.49. The first-order valence-corrected chi connectivity index (χ1v) is 16.9. The molecule has 3 fully saturated rings. The van der Waals surface area contributed by atoms with Crippen LogP contribution in [0.5, 0.6) is 0 Å². The van der Waals surface area contributed by atoms with Gasteiger partial charge >= 0.3 is 12.0 Å². The number of carbonyl (C=O) groups is 7. The topological polar surface area (TPSA) is 289 Å². The number of hydrogen-bond donors (Lipinski definition) is 6. The highest BCUT2D eigenvalue weighted by molar-refractivity contribution is 6.04. The number of esters is 1. The molecular formula is C31H58N10O10. The lowest BCUT2D eigenvalue weighted by Gasteiger charge is -2.38. The van der Waals surface area contributed by atoms with E-state index in [4.69, 9.17) is 26.1 Å². The minimum atomic E-state index is -0.833. The molecule has 6 amide bonds. The number of imide groups is 1. The van der Waals surface area contributed by atoms with Crippen LogP contribution < -0.4 is 27.4 Å². The molecule has 0 bridgehead atoms. The first-order chi connectivity index (χ1) is 24.0. The Hall–Kier alpha value is -4.88. The second-order valence-corrected chi connectivity index (χ2v) is 11.6. The number of cyclic esters (lactones) is 1. The molecule has 0 aromatic heterocycles. The molecule has 0 aromatic carbocycles. The number of nitrogens with two attached hydrogens (primary N) is 2. The monoisotopic (exact) mass is 730 g/mol. The molecule has 20 heteroatoms. The van der Waals surface area contributed by atoms with Gasteiger partial charge in [-0.2, -0.15) is 4.91 Å². The number of nitrogens with zero attached hydrogens (tertiary/aromatic N) is 5. The molecule has 0 aliphatic carbocycles. The van der Waals surface area contributed by atoms with E-state index in [0.717, 1.165) is 30.7 Å². The van der Waals surface area contributed by atoms with Crippen molar-refractivity contribution < 1.29 is 43.4 Å². The van der Waals surface area contributed by atoms with Crippen LogP contribution in [0, 0.1) is 10.8 Å². The quantitative estimate of drug-likeness (QED) is 0.0472. The molecule has 0 spiro atoms. The van der Waals surface area contributed by atoms with Crippen molar-refractivity contribution in [3.63, 3.8) is 0 Å². The van der Waals surface area contributed by atoms with Crippen molar-refractivity contribution in [1.29, 1.82) is 0 Å². The van der Waals surface area contributed by atoms with E-state index in [9.17, 15) is 33.7 Å². The van der Waals surface area contributed by atoms with Gasteiger partial charge in [0.05, 0.1) is 32.3 Å². The minimum Gasteiger partial charge on any atom is -0.481 e. The predicted molar refractivity (Wildman–Crippen MR) is 189 cm³/mol. The van der Waals surface area contributed by atoms with Gasteiger partial charge in [0.2, 0.25) is 17.7 Å². The minimum absolute atomic E-state index is 0.108. The zero-order chi connectivity index (χ0) is 39.5. The number of amides is 6. The smallest absolute Gasteiger partial charge is 0.328 e. The van der Waals surface area contributed by atoms with Gasteiger partial charge in [0.25, 0.3) is 11.9 Å². The van der Waals surface area contributed by atoms with E-state index in [2.05, 4.69) is 46.9 Å². The Kier molecular flexibility index (Phi) is 26.4. The number of hydrogen-bond acceptors (Lipinski definition) is 12. The van der Waals surface area contributed by atoms with Crippen LogP contribution in [-0.2, 0) is 33.5 Å². The van der Waals surface area contributed by atoms with Crippen molar-refractivity contribution in [2.75, 3.05) is 65.5 Å². The molecule has 3 aliphatic heterocycles. The number of piperazine rings is 1. The van der Waals surface area contributed by atoms with Gasteiger partial charge in [-0.25, -0.2) is 9.59 Å². The van der Waals surface area contributed by atoms with Crippen molar-refractivity contribution in [2.24, 2.45) is 27.6 Å². The highest BCUT2D eigenvalue weighted by Gasteiger charge is 2.35. The summed E-state index contributed by atoms with van der Waals surface area (Å²) in [5.74, 6) is -2.21. The van der Waals surface area contributed by atoms with E-state index in [1.54, 1.807) is 4.90 Å². The summed E-state index contributed by atoms with van der Waals surface area (Å²) < 4.78 is 4.77. The number of aliphatic imine (C=N–C) groups is 1. The lowest BCUT2D eigenvalue weighted by Crippen LogP contribution is -2.58. The maximum Gasteiger partial charge on any atom is 0.328 e. The number of carboxylic acid groups (broad SMARTS) is 1. The second kappa shape index (κ2) is 27.9. The molecule has 2 atom stereocenters. The molecule has 3 saturated heterocycles. The Morgan fingerprint density at radius 1 is 1.04 bits per heavy atom. The van der Waals surface area contributed by atoms with Crippen molar-refractivity contribution >= 4 is 47.6 Å². The highest BCUT2D eigenvalue weighted by atomic mass is 16.5. The average Bonchev–Trinajstić information content (AvgIpc) is 3.62. The van der Waals surface area contributed by atoms with Gasteiger partial charge in [0.1, 0.15) is 12.6 Å². The number of carbonyl (C=O) groups excluding carboxylic acids is 6. The fourth-order valence-corrected chi connectivity index (χ4v) is 4.19. The second-order valence-electron chi connectivity index (χ2n) is 11.6. The Bertz CT molecular complexity index is 1130. The summed E-state index contributed by atoms with van der Waals surface area (Å²) in [6, 6.07) is -2.08. The lowest BCUT2D eigenvalue weighted by atomic mass is 10.1. The normalized spacial score (nSPS) is 16.9. The van der Waals surface area contributed by atoms with Gasteiger partial charge in [0.15, 0.2) is 5.96 Å². The summed E-state index contributed by atoms with van der Waals surface area (Å²) in [6.45, 7) is 14.8. The van der Waals surface area contributed by atoms with E-state index in [-0.39, 0.29) is 64.2 Å². The number of guanidine groups is 1. The fraction of sp³-hybridized carbons (Fsp3) is 0.742. The summed E-state index contributed by atoms with van der Waals surface area (Å²) in [4.78, 5) is 99.5. The van der Waals surface area contributed by atoms with Crippen molar-refractivity contribution in [2.45, 2.75) is 79.8 Å². The number of aliphatic carboxylic acids is 1. The van der Waals surface area contributed by atoms with Crippen LogP contribution in [0.3, 0.4) is 0 Å². The molecule has 0 saturated carbocycles. The molecule has 3 heterocycles. The Balaban J connectivity index is 0. The molecule has 8 N–H and O–H groups in total. The van der Waals surface area contributed by atoms with Crippen LogP contribution in [0.25, 0.3) is 0 Å². The molecule has 20 nitrogen and oxygen atoms in total. The number of rotatable bonds is 12. The molecule has 0 radical (unpaired) electrons. The van der Waals surface area contributed by atoms with E-state index in [1.807, 2.05) is 20.8 Å². The predicted octanol–water partition coefficient (Wildman–Crippen LogP) is -0.795. The van der Waals surface area contributed by atoms with E-state index in [1.165, 1.54) is 4.90 Å². The SMILES string of the molecule is CC.CC(=O)O.CC(C)C.CCCN=C(N)N.O=NCCC(C(=O)NCC(=O)NC1CCOC1=O)N1CCN(C(=O)CN2C(=O)CNC2=O)CC1. The van der Waals surface area contributed by atoms with Crippen LogP contribution in [0.4, 0.5) is 4.79 Å². The van der Waals surface area contributed by atoms with Crippen LogP contribution >= 0.6 is 0 Å². The molecule has 3 rings (SSSR count). The molecule has 51 heavy (non-hydrogen) atoms. The zero-order valence-electron chi connectivity index (χ0n) is 30.9. The number of ether oxygens (including phenoxy) is 1. The standard InChI is InChI=1S/C19H27N7O8.C4H11N3.C4H10.C2H4O2.C2H6/c27-14(23-12-2-8-34-18(12)31)9-20-17(30)13(1-3-22-33)24-4-6-25(7-5-24)16(29)11-26-15(28)10-21-19(26)32;1-2-3-7-4(5)6;1-4(2)3;1-2(3)4;1-2/h12-13H,1-11H2,(H,20,30)(H,21,32)(H,23,27);2-3H2,1H3,(H4,5,6,7);4H,1-3H3;1H3,(H,3,4);1-2H3. The first-order valence-electron chi connectivity index (χ1n) is 16.9. The van der Waals surface area contributed by atoms with Crippen molar-refractivity contribution in [3.8, 4) is 0 Å². The lowest BCUT2D eigenvalue weighted by molar-refractivity contribution is -0.141. The summed E-state index contributed by atoms with van der Waals surface area (Å²) >= 11 is 0. The van der Waals surface area contributed by atoms with Crippen LogP contribution in [0.2, 0.25) is 0 Å². The van der Waals surface area contributed by atoms with Gasteiger partial charge < -0.3 is 42.2 Å². The maximum atomic E-state index is 12.7. The molecule has 0 aromatic rings. The molecular weight excluding hydrogens is 672 g/mol. The largest absolute Gasteiger partial charge is 0.481 e. The van der Waals surface area contributed by atoms with E-state index < -0.39 is 47.8 Å². The Labute approximate surface area is 299 Å². The third kappa shape index (κ3) is 22.5. The van der Waals surface area contributed by atoms with Gasteiger partial charge in [-0.15, -0.1) is 0 Å². The van der Waals surface area contributed by atoms with Gasteiger partial charge in [-0.3, -0.25) is 38.8 Å². The number of carboxylic acids is 1. The van der Waals surface area contributed by atoms with Crippen molar-refractivity contribution in [1.82, 2.24) is 30.7 Å². The highest BCUT2D eigenvalue weighted by Crippen LogP contribution is 2.12. The summed E-state index contributed by atoms with van der Waals surface area (Å²) in [5.41, 5.74) is 10.0. The summed E-state index contributed by atoms with van der Waals surface area (Å²) in [7, 11) is 0. The average molecular weight is 731 g/mol. The fourth-order valence-electron chi connectivity index (χ4n) is 4.19. The Morgan fingerprint density at radius 2 is 1.61 bits per heavy atom. The number of nitroso groups, excluding NO2 is 1. The number of urea groups is 1. The Morgan fingerprint density at radius 3 is 2.02 bits per heavy atom. The summed E-state index contributed by atoms with van der Waals surface area (Å²) in [5, 5.41) is 17.6. The zero-order valence-corrected chi connectivity index (χ0v) is 30.9.